The maximum absolute atomic E-state index is 5.10. The molecule has 2 aromatic rings. The number of terminal acetylenes is 1. The third-order valence-electron chi connectivity index (χ3n) is 1.93. The topological polar surface area (TPSA) is 68.8 Å². The Kier molecular flexibility index (Phi) is 2.98. The van der Waals surface area contributed by atoms with Crippen LogP contribution in [0.1, 0.15) is 5.89 Å². The molecule has 0 aliphatic carbocycles. The van der Waals surface area contributed by atoms with Crippen molar-refractivity contribution < 1.29 is 4.52 Å². The van der Waals surface area contributed by atoms with Gasteiger partial charge in [-0.15, -0.1) is 6.42 Å². The lowest BCUT2D eigenvalue weighted by Gasteiger charge is -1.91. The summed E-state index contributed by atoms with van der Waals surface area (Å²) in [5, 5.41) is 10.8. The predicted molar refractivity (Wildman–Crippen MR) is 57.0 cm³/mol. The van der Waals surface area contributed by atoms with E-state index in [4.69, 9.17) is 10.9 Å². The summed E-state index contributed by atoms with van der Waals surface area (Å²) in [6.07, 6.45) is 8.61. The highest BCUT2D eigenvalue weighted by molar-refractivity contribution is 5.50. The number of nitrogens with one attached hydrogen (secondary N) is 1. The number of nitrogens with zero attached hydrogens (tertiary/aromatic N) is 4. The van der Waals surface area contributed by atoms with E-state index in [0.29, 0.717) is 24.8 Å². The van der Waals surface area contributed by atoms with Crippen LogP contribution in [0.4, 0.5) is 0 Å². The molecule has 1 N–H and O–H groups in total. The second kappa shape index (κ2) is 4.59. The zero-order valence-corrected chi connectivity index (χ0v) is 8.84. The molecule has 0 aliphatic rings. The van der Waals surface area contributed by atoms with Crippen LogP contribution in [-0.2, 0) is 13.6 Å². The first-order chi connectivity index (χ1) is 7.79. The molecule has 0 amide bonds. The zero-order chi connectivity index (χ0) is 11.4. The van der Waals surface area contributed by atoms with Gasteiger partial charge in [-0.05, 0) is 0 Å². The normalized spacial score (nSPS) is 10.2. The van der Waals surface area contributed by atoms with E-state index < -0.39 is 0 Å². The van der Waals surface area contributed by atoms with Crippen molar-refractivity contribution in [3.63, 3.8) is 0 Å². The van der Waals surface area contributed by atoms with Crippen molar-refractivity contribution >= 4 is 0 Å². The molecule has 2 aromatic heterocycles. The Morgan fingerprint density at radius 1 is 1.62 bits per heavy atom. The van der Waals surface area contributed by atoms with Gasteiger partial charge < -0.3 is 4.52 Å². The molecule has 0 fully saturated rings. The quantitative estimate of drug-likeness (QED) is 0.585. The largest absolute Gasteiger partial charge is 0.338 e. The summed E-state index contributed by atoms with van der Waals surface area (Å²) in [7, 11) is 1.83. The Hall–Kier alpha value is -2.13. The van der Waals surface area contributed by atoms with Gasteiger partial charge in [-0.1, -0.05) is 11.1 Å². The third-order valence-corrected chi connectivity index (χ3v) is 1.93. The molecule has 82 valence electrons. The van der Waals surface area contributed by atoms with E-state index in [9.17, 15) is 0 Å². The van der Waals surface area contributed by atoms with Gasteiger partial charge in [-0.3, -0.25) is 10.00 Å². The minimum Gasteiger partial charge on any atom is -0.338 e. The summed E-state index contributed by atoms with van der Waals surface area (Å²) in [5.74, 6) is 3.51. The van der Waals surface area contributed by atoms with Crippen molar-refractivity contribution in [2.75, 3.05) is 6.54 Å². The Labute approximate surface area is 92.7 Å². The Morgan fingerprint density at radius 3 is 3.19 bits per heavy atom. The van der Waals surface area contributed by atoms with E-state index in [1.165, 1.54) is 0 Å². The number of rotatable bonds is 4. The SMILES string of the molecule is C#CCNCc1nc(-c2cnn(C)c2)no1. The standard InChI is InChI=1S/C10H11N5O/c1-3-4-11-6-9-13-10(14-16-9)8-5-12-15(2)7-8/h1,5,7,11H,4,6H2,2H3. The van der Waals surface area contributed by atoms with Gasteiger partial charge >= 0.3 is 0 Å². The first-order valence-electron chi connectivity index (χ1n) is 4.75. The Morgan fingerprint density at radius 2 is 2.50 bits per heavy atom. The fourth-order valence-corrected chi connectivity index (χ4v) is 1.22. The summed E-state index contributed by atoms with van der Waals surface area (Å²) in [5.41, 5.74) is 0.828. The summed E-state index contributed by atoms with van der Waals surface area (Å²) in [4.78, 5) is 4.20. The molecule has 6 heteroatoms. The van der Waals surface area contributed by atoms with Crippen molar-refractivity contribution in [3.05, 3.63) is 18.3 Å². The van der Waals surface area contributed by atoms with E-state index in [1.807, 2.05) is 13.2 Å². The van der Waals surface area contributed by atoms with E-state index in [-0.39, 0.29) is 0 Å². The van der Waals surface area contributed by atoms with Crippen LogP contribution in [0.25, 0.3) is 11.4 Å². The molecular weight excluding hydrogens is 206 g/mol. The average molecular weight is 217 g/mol. The lowest BCUT2D eigenvalue weighted by Crippen LogP contribution is -2.13. The van der Waals surface area contributed by atoms with Crippen molar-refractivity contribution in [2.45, 2.75) is 6.54 Å². The molecule has 0 atom stereocenters. The second-order valence-corrected chi connectivity index (χ2v) is 3.22. The first kappa shape index (κ1) is 10.4. The van der Waals surface area contributed by atoms with Crippen LogP contribution < -0.4 is 5.32 Å². The van der Waals surface area contributed by atoms with E-state index >= 15 is 0 Å². The molecule has 0 bridgehead atoms. The summed E-state index contributed by atoms with van der Waals surface area (Å²) in [6.45, 7) is 0.946. The summed E-state index contributed by atoms with van der Waals surface area (Å²) in [6, 6.07) is 0. The van der Waals surface area contributed by atoms with Crippen LogP contribution >= 0.6 is 0 Å². The minimum atomic E-state index is 0.470. The number of aromatic nitrogens is 4. The fraction of sp³-hybridized carbons (Fsp3) is 0.300. The van der Waals surface area contributed by atoms with Gasteiger partial charge in [-0.2, -0.15) is 10.1 Å². The van der Waals surface area contributed by atoms with Crippen LogP contribution in [0.5, 0.6) is 0 Å². The van der Waals surface area contributed by atoms with Crippen molar-refractivity contribution in [2.24, 2.45) is 7.05 Å². The average Bonchev–Trinajstić information content (AvgIpc) is 2.87. The maximum Gasteiger partial charge on any atom is 0.240 e. The van der Waals surface area contributed by atoms with Crippen molar-refractivity contribution in [1.82, 2.24) is 25.2 Å². The highest BCUT2D eigenvalue weighted by atomic mass is 16.5. The van der Waals surface area contributed by atoms with E-state index in [1.54, 1.807) is 10.9 Å². The fourth-order valence-electron chi connectivity index (χ4n) is 1.22. The van der Waals surface area contributed by atoms with E-state index in [0.717, 1.165) is 5.56 Å². The summed E-state index contributed by atoms with van der Waals surface area (Å²) >= 11 is 0. The Balaban J connectivity index is 2.05. The number of aryl methyl sites for hydroxylation is 1. The van der Waals surface area contributed by atoms with Crippen molar-refractivity contribution in [3.8, 4) is 23.7 Å². The molecule has 0 saturated carbocycles. The van der Waals surface area contributed by atoms with Gasteiger partial charge in [-0.25, -0.2) is 0 Å². The molecule has 16 heavy (non-hydrogen) atoms. The molecule has 0 unspecified atom stereocenters. The monoisotopic (exact) mass is 217 g/mol. The lowest BCUT2D eigenvalue weighted by molar-refractivity contribution is 0.370. The van der Waals surface area contributed by atoms with Crippen LogP contribution in [-0.4, -0.2) is 26.5 Å². The second-order valence-electron chi connectivity index (χ2n) is 3.22. The molecule has 0 aliphatic heterocycles. The van der Waals surface area contributed by atoms with Crippen LogP contribution in [0.2, 0.25) is 0 Å². The van der Waals surface area contributed by atoms with Gasteiger partial charge in [0, 0.05) is 13.2 Å². The van der Waals surface area contributed by atoms with Crippen LogP contribution in [0, 0.1) is 12.3 Å². The van der Waals surface area contributed by atoms with Crippen LogP contribution in [0.15, 0.2) is 16.9 Å². The third kappa shape index (κ3) is 2.27. The maximum atomic E-state index is 5.10. The van der Waals surface area contributed by atoms with Crippen LogP contribution in [0.3, 0.4) is 0 Å². The zero-order valence-electron chi connectivity index (χ0n) is 8.84. The van der Waals surface area contributed by atoms with Gasteiger partial charge in [0.05, 0.1) is 24.8 Å². The molecule has 0 spiro atoms. The van der Waals surface area contributed by atoms with Gasteiger partial charge in [0.15, 0.2) is 0 Å². The molecule has 6 nitrogen and oxygen atoms in total. The number of hydrogen-bond donors (Lipinski definition) is 1. The molecule has 0 radical (unpaired) electrons. The molecule has 2 heterocycles. The molecular formula is C10H11N5O. The number of hydrogen-bond acceptors (Lipinski definition) is 5. The predicted octanol–water partition coefficient (Wildman–Crippen LogP) is 0.193. The van der Waals surface area contributed by atoms with Gasteiger partial charge in [0.25, 0.3) is 0 Å². The highest BCUT2D eigenvalue weighted by Crippen LogP contribution is 2.13. The molecule has 0 aromatic carbocycles. The summed E-state index contributed by atoms with van der Waals surface area (Å²) < 4.78 is 6.73. The lowest BCUT2D eigenvalue weighted by atomic mass is 10.3. The highest BCUT2D eigenvalue weighted by Gasteiger charge is 2.09. The first-order valence-corrected chi connectivity index (χ1v) is 4.75. The molecule has 2 rings (SSSR count). The Bertz CT molecular complexity index is 507. The smallest absolute Gasteiger partial charge is 0.240 e. The molecule has 0 saturated heterocycles. The van der Waals surface area contributed by atoms with Gasteiger partial charge in [0.2, 0.25) is 11.7 Å². The van der Waals surface area contributed by atoms with Crippen molar-refractivity contribution in [1.29, 1.82) is 0 Å². The van der Waals surface area contributed by atoms with E-state index in [2.05, 4.69) is 26.5 Å². The minimum absolute atomic E-state index is 0.470. The van der Waals surface area contributed by atoms with Gasteiger partial charge in [0.1, 0.15) is 0 Å².